The number of nitrogens with one attached hydrogen (secondary N) is 1. The molecule has 0 fully saturated rings. The lowest BCUT2D eigenvalue weighted by molar-refractivity contribution is 0.304. The van der Waals surface area contributed by atoms with Crippen LogP contribution in [0, 0.1) is 0 Å². The number of benzene rings is 3. The molecule has 5 heteroatoms. The molecule has 134 valence electrons. The Morgan fingerprint density at radius 3 is 2.26 bits per heavy atom. The second-order valence-electron chi connectivity index (χ2n) is 5.95. The Balaban J connectivity index is 1.40. The number of H-pyrrole nitrogens is 1. The maximum Gasteiger partial charge on any atom is 0.280 e. The standard InChI is InChI=1S/C22H17NO4/c24-22-14-21(27-23-22)17-11-9-16(10-12-17)15-25-19-7-4-8-20(13-19)26-18-5-2-1-3-6-18/h1-14H,15H2,(H,23,24). The molecule has 0 saturated carbocycles. The third-order valence-electron chi connectivity index (χ3n) is 3.95. The van der Waals surface area contributed by atoms with Crippen molar-refractivity contribution >= 4 is 0 Å². The molecule has 1 heterocycles. The van der Waals surface area contributed by atoms with Gasteiger partial charge < -0.3 is 14.0 Å². The first kappa shape index (κ1) is 16.7. The van der Waals surface area contributed by atoms with Gasteiger partial charge in [-0.25, -0.2) is 0 Å². The molecule has 27 heavy (non-hydrogen) atoms. The zero-order chi connectivity index (χ0) is 18.5. The lowest BCUT2D eigenvalue weighted by atomic mass is 10.1. The SMILES string of the molecule is O=c1cc(-c2ccc(COc3cccc(Oc4ccccc4)c3)cc2)o[nH]1. The van der Waals surface area contributed by atoms with Crippen molar-refractivity contribution in [1.82, 2.24) is 5.16 Å². The van der Waals surface area contributed by atoms with Gasteiger partial charge in [0.1, 0.15) is 23.9 Å². The highest BCUT2D eigenvalue weighted by Gasteiger charge is 2.04. The molecule has 0 saturated heterocycles. The number of aromatic nitrogens is 1. The number of rotatable bonds is 6. The fraction of sp³-hybridized carbons (Fsp3) is 0.0455. The van der Waals surface area contributed by atoms with Crippen LogP contribution in [0.15, 0.2) is 94.2 Å². The summed E-state index contributed by atoms with van der Waals surface area (Å²) in [7, 11) is 0. The molecule has 0 atom stereocenters. The normalized spacial score (nSPS) is 10.5. The Hall–Kier alpha value is -3.73. The van der Waals surface area contributed by atoms with Crippen LogP contribution in [0.3, 0.4) is 0 Å². The van der Waals surface area contributed by atoms with Gasteiger partial charge in [0.25, 0.3) is 5.56 Å². The van der Waals surface area contributed by atoms with Crippen molar-refractivity contribution in [1.29, 1.82) is 0 Å². The van der Waals surface area contributed by atoms with Crippen molar-refractivity contribution in [3.63, 3.8) is 0 Å². The Bertz CT molecular complexity index is 1070. The summed E-state index contributed by atoms with van der Waals surface area (Å²) in [6.45, 7) is 0.423. The Morgan fingerprint density at radius 2 is 1.52 bits per heavy atom. The molecule has 0 aliphatic heterocycles. The Kier molecular flexibility index (Phi) is 4.74. The van der Waals surface area contributed by atoms with Crippen LogP contribution in [0.5, 0.6) is 17.2 Å². The van der Waals surface area contributed by atoms with Crippen LogP contribution in [-0.2, 0) is 6.61 Å². The largest absolute Gasteiger partial charge is 0.489 e. The summed E-state index contributed by atoms with van der Waals surface area (Å²) in [6.07, 6.45) is 0. The fourth-order valence-electron chi connectivity index (χ4n) is 2.61. The first-order valence-corrected chi connectivity index (χ1v) is 8.50. The summed E-state index contributed by atoms with van der Waals surface area (Å²) in [5, 5.41) is 2.28. The van der Waals surface area contributed by atoms with E-state index in [1.165, 1.54) is 6.07 Å². The summed E-state index contributed by atoms with van der Waals surface area (Å²) in [4.78, 5) is 11.2. The number of hydrogen-bond donors (Lipinski definition) is 1. The van der Waals surface area contributed by atoms with Crippen LogP contribution in [0.1, 0.15) is 5.56 Å². The Labute approximate surface area is 155 Å². The van der Waals surface area contributed by atoms with Crippen LogP contribution in [0.2, 0.25) is 0 Å². The molecule has 4 aromatic rings. The van der Waals surface area contributed by atoms with Gasteiger partial charge in [0.2, 0.25) is 0 Å². The molecule has 0 radical (unpaired) electrons. The van der Waals surface area contributed by atoms with E-state index >= 15 is 0 Å². The molecule has 0 aliphatic rings. The molecule has 3 aromatic carbocycles. The van der Waals surface area contributed by atoms with Crippen molar-refractivity contribution in [3.8, 4) is 28.6 Å². The van der Waals surface area contributed by atoms with E-state index < -0.39 is 0 Å². The topological polar surface area (TPSA) is 64.5 Å². The zero-order valence-corrected chi connectivity index (χ0v) is 14.4. The highest BCUT2D eigenvalue weighted by Crippen LogP contribution is 2.25. The van der Waals surface area contributed by atoms with Crippen LogP contribution in [-0.4, -0.2) is 5.16 Å². The van der Waals surface area contributed by atoms with E-state index in [0.717, 1.165) is 28.4 Å². The average molecular weight is 359 g/mol. The fourth-order valence-corrected chi connectivity index (χ4v) is 2.61. The number of para-hydroxylation sites is 1. The van der Waals surface area contributed by atoms with Gasteiger partial charge in [0, 0.05) is 11.6 Å². The summed E-state index contributed by atoms with van der Waals surface area (Å²) < 4.78 is 16.8. The number of hydrogen-bond acceptors (Lipinski definition) is 4. The zero-order valence-electron chi connectivity index (χ0n) is 14.4. The van der Waals surface area contributed by atoms with Crippen molar-refractivity contribution in [2.45, 2.75) is 6.61 Å². The molecule has 4 rings (SSSR count). The molecule has 0 bridgehead atoms. The first-order valence-electron chi connectivity index (χ1n) is 8.50. The van der Waals surface area contributed by atoms with E-state index in [9.17, 15) is 4.79 Å². The van der Waals surface area contributed by atoms with Crippen LogP contribution in [0.4, 0.5) is 0 Å². The molecule has 0 aliphatic carbocycles. The van der Waals surface area contributed by atoms with Crippen molar-refractivity contribution < 1.29 is 14.0 Å². The second kappa shape index (κ2) is 7.66. The minimum absolute atomic E-state index is 0.255. The maximum absolute atomic E-state index is 11.2. The number of ether oxygens (including phenoxy) is 2. The van der Waals surface area contributed by atoms with E-state index in [-0.39, 0.29) is 5.56 Å². The van der Waals surface area contributed by atoms with Gasteiger partial charge in [-0.15, -0.1) is 0 Å². The minimum Gasteiger partial charge on any atom is -0.489 e. The van der Waals surface area contributed by atoms with Crippen molar-refractivity contribution in [2.24, 2.45) is 0 Å². The maximum atomic E-state index is 11.2. The van der Waals surface area contributed by atoms with Gasteiger partial charge in [-0.2, -0.15) is 5.16 Å². The summed E-state index contributed by atoms with van der Waals surface area (Å²) >= 11 is 0. The lowest BCUT2D eigenvalue weighted by Gasteiger charge is -2.09. The average Bonchev–Trinajstić information content (AvgIpc) is 3.14. The van der Waals surface area contributed by atoms with Gasteiger partial charge in [-0.1, -0.05) is 48.5 Å². The summed E-state index contributed by atoms with van der Waals surface area (Å²) in [5.41, 5.74) is 1.58. The van der Waals surface area contributed by atoms with Gasteiger partial charge >= 0.3 is 0 Å². The molecule has 1 aromatic heterocycles. The van der Waals surface area contributed by atoms with E-state index in [0.29, 0.717) is 12.4 Å². The minimum atomic E-state index is -0.255. The second-order valence-corrected chi connectivity index (χ2v) is 5.95. The molecule has 0 amide bonds. The molecular weight excluding hydrogens is 342 g/mol. The van der Waals surface area contributed by atoms with E-state index in [1.807, 2.05) is 78.9 Å². The number of aromatic amines is 1. The third kappa shape index (κ3) is 4.27. The van der Waals surface area contributed by atoms with Crippen molar-refractivity contribution in [2.75, 3.05) is 0 Å². The van der Waals surface area contributed by atoms with Crippen molar-refractivity contribution in [3.05, 3.63) is 101 Å². The van der Waals surface area contributed by atoms with Gasteiger partial charge in [-0.3, -0.25) is 4.79 Å². The predicted octanol–water partition coefficient (Wildman–Crippen LogP) is 5.01. The van der Waals surface area contributed by atoms with Gasteiger partial charge in [0.15, 0.2) is 5.76 Å². The van der Waals surface area contributed by atoms with Crippen LogP contribution >= 0.6 is 0 Å². The highest BCUT2D eigenvalue weighted by atomic mass is 16.5. The molecule has 1 N–H and O–H groups in total. The molecule has 0 spiro atoms. The monoisotopic (exact) mass is 359 g/mol. The molecule has 5 nitrogen and oxygen atoms in total. The van der Waals surface area contributed by atoms with Crippen LogP contribution < -0.4 is 15.0 Å². The van der Waals surface area contributed by atoms with Crippen LogP contribution in [0.25, 0.3) is 11.3 Å². The van der Waals surface area contributed by atoms with E-state index in [2.05, 4.69) is 5.16 Å². The predicted molar refractivity (Wildman–Crippen MR) is 102 cm³/mol. The lowest BCUT2D eigenvalue weighted by Crippen LogP contribution is -1.95. The smallest absolute Gasteiger partial charge is 0.280 e. The van der Waals surface area contributed by atoms with E-state index in [1.54, 1.807) is 0 Å². The highest BCUT2D eigenvalue weighted by molar-refractivity contribution is 5.56. The first-order chi connectivity index (χ1) is 13.3. The summed E-state index contributed by atoms with van der Waals surface area (Å²) in [6, 6.07) is 26.2. The quantitative estimate of drug-likeness (QED) is 0.526. The molecular formula is C22H17NO4. The molecule has 0 unspecified atom stereocenters. The van der Waals surface area contributed by atoms with Gasteiger partial charge in [0.05, 0.1) is 6.07 Å². The third-order valence-corrected chi connectivity index (χ3v) is 3.95. The van der Waals surface area contributed by atoms with E-state index in [4.69, 9.17) is 14.0 Å². The Morgan fingerprint density at radius 1 is 0.778 bits per heavy atom. The van der Waals surface area contributed by atoms with Gasteiger partial charge in [-0.05, 0) is 29.8 Å². The summed E-state index contributed by atoms with van der Waals surface area (Å²) in [5.74, 6) is 2.74.